The molecule has 0 aliphatic carbocycles. The summed E-state index contributed by atoms with van der Waals surface area (Å²) in [7, 11) is 0. The van der Waals surface area contributed by atoms with E-state index >= 15 is 0 Å². The van der Waals surface area contributed by atoms with Crippen molar-refractivity contribution < 1.29 is 13.9 Å². The van der Waals surface area contributed by atoms with E-state index in [1.54, 1.807) is 41.9 Å². The Hall–Kier alpha value is -3.68. The molecular formula is C21H20N4O4. The number of nitrogens with zero attached hydrogens (tertiary/aromatic N) is 4. The quantitative estimate of drug-likeness (QED) is 0.471. The van der Waals surface area contributed by atoms with Crippen LogP contribution in [0, 0.1) is 6.92 Å². The number of para-hydroxylation sites is 1. The van der Waals surface area contributed by atoms with Crippen LogP contribution in [-0.2, 0) is 13.2 Å². The lowest BCUT2D eigenvalue weighted by molar-refractivity contribution is 0.286. The summed E-state index contributed by atoms with van der Waals surface area (Å²) < 4.78 is 19.1. The van der Waals surface area contributed by atoms with E-state index in [1.807, 2.05) is 18.2 Å². The molecule has 0 atom stereocenters. The zero-order chi connectivity index (χ0) is 20.2. The predicted molar refractivity (Wildman–Crippen MR) is 106 cm³/mol. The van der Waals surface area contributed by atoms with Gasteiger partial charge in [0, 0.05) is 12.6 Å². The second kappa shape index (κ2) is 8.14. The van der Waals surface area contributed by atoms with Crippen molar-refractivity contribution in [1.82, 2.24) is 20.2 Å². The van der Waals surface area contributed by atoms with Crippen molar-refractivity contribution in [2.45, 2.75) is 33.4 Å². The maximum atomic E-state index is 12.9. The molecule has 148 valence electrons. The zero-order valence-corrected chi connectivity index (χ0v) is 16.2. The number of aryl methyl sites for hydroxylation is 2. The fourth-order valence-electron chi connectivity index (χ4n) is 2.94. The first kappa shape index (κ1) is 18.7. The first-order chi connectivity index (χ1) is 14.2. The molecule has 8 heteroatoms. The second-order valence-electron chi connectivity index (χ2n) is 6.50. The largest absolute Gasteiger partial charge is 0.485 e. The van der Waals surface area contributed by atoms with Gasteiger partial charge in [-0.1, -0.05) is 25.1 Å². The van der Waals surface area contributed by atoms with Crippen LogP contribution in [0.4, 0.5) is 0 Å². The number of rotatable bonds is 7. The summed E-state index contributed by atoms with van der Waals surface area (Å²) in [6.45, 7) is 4.69. The minimum absolute atomic E-state index is 0.177. The Bertz CT molecular complexity index is 1180. The van der Waals surface area contributed by atoms with E-state index in [9.17, 15) is 4.79 Å². The van der Waals surface area contributed by atoms with Crippen molar-refractivity contribution >= 4 is 11.0 Å². The lowest BCUT2D eigenvalue weighted by Crippen LogP contribution is -2.09. The maximum absolute atomic E-state index is 12.9. The molecule has 0 radical (unpaired) electrons. The van der Waals surface area contributed by atoms with Crippen LogP contribution in [0.3, 0.4) is 0 Å². The minimum atomic E-state index is -0.231. The molecule has 8 nitrogen and oxygen atoms in total. The van der Waals surface area contributed by atoms with Crippen LogP contribution in [0.25, 0.3) is 11.0 Å². The van der Waals surface area contributed by atoms with E-state index in [1.165, 1.54) is 0 Å². The average molecular weight is 392 g/mol. The summed E-state index contributed by atoms with van der Waals surface area (Å²) in [5, 5.41) is 12.0. The van der Waals surface area contributed by atoms with E-state index in [-0.39, 0.29) is 17.8 Å². The highest BCUT2D eigenvalue weighted by atomic mass is 16.5. The van der Waals surface area contributed by atoms with Crippen LogP contribution in [0.1, 0.15) is 24.9 Å². The summed E-state index contributed by atoms with van der Waals surface area (Å²) in [5.74, 6) is 2.34. The number of hydrogen-bond acceptors (Lipinski definition) is 7. The second-order valence-corrected chi connectivity index (χ2v) is 6.50. The molecule has 2 aromatic carbocycles. The highest BCUT2D eigenvalue weighted by Gasteiger charge is 2.15. The van der Waals surface area contributed by atoms with Crippen LogP contribution < -0.4 is 14.9 Å². The van der Waals surface area contributed by atoms with E-state index in [0.717, 1.165) is 13.0 Å². The number of hydrogen-bond donors (Lipinski definition) is 0. The molecule has 0 saturated carbocycles. The average Bonchev–Trinajstić information content (AvgIpc) is 3.17. The fourth-order valence-corrected chi connectivity index (χ4v) is 2.94. The van der Waals surface area contributed by atoms with Gasteiger partial charge in [-0.05, 0) is 48.0 Å². The monoisotopic (exact) mass is 392 g/mol. The molecule has 0 bridgehead atoms. The molecule has 2 aromatic heterocycles. The van der Waals surface area contributed by atoms with Crippen molar-refractivity contribution in [3.8, 4) is 17.2 Å². The van der Waals surface area contributed by atoms with E-state index in [2.05, 4.69) is 22.4 Å². The molecule has 0 aliphatic heterocycles. The topological polar surface area (TPSA) is 92.3 Å². The molecule has 0 fully saturated rings. The third kappa shape index (κ3) is 3.96. The van der Waals surface area contributed by atoms with Crippen LogP contribution in [-0.4, -0.2) is 20.2 Å². The molecule has 4 aromatic rings. The Morgan fingerprint density at radius 2 is 1.93 bits per heavy atom. The van der Waals surface area contributed by atoms with Gasteiger partial charge in [0.25, 0.3) is 0 Å². The Labute approximate surface area is 166 Å². The van der Waals surface area contributed by atoms with Gasteiger partial charge in [-0.3, -0.25) is 4.79 Å². The van der Waals surface area contributed by atoms with Crippen molar-refractivity contribution in [3.63, 3.8) is 0 Å². The highest BCUT2D eigenvalue weighted by molar-refractivity contribution is 5.79. The van der Waals surface area contributed by atoms with Crippen LogP contribution in [0.2, 0.25) is 0 Å². The number of benzene rings is 2. The van der Waals surface area contributed by atoms with Crippen LogP contribution >= 0.6 is 0 Å². The summed E-state index contributed by atoms with van der Waals surface area (Å²) in [6, 6.07) is 14.2. The van der Waals surface area contributed by atoms with Gasteiger partial charge in [0.05, 0.1) is 5.39 Å². The first-order valence-electron chi connectivity index (χ1n) is 9.34. The molecule has 0 unspecified atom stereocenters. The molecule has 0 amide bonds. The standard InChI is InChI=1S/C21H20N4O4/c1-3-11-25-19(22-23-24-25)13-27-16-9-10-17-18(12-16)28-14(2)21(20(17)26)29-15-7-5-4-6-8-15/h4-10,12H,3,11,13H2,1-2H3. The molecule has 0 aliphatic rings. The van der Waals surface area contributed by atoms with Crippen LogP contribution in [0.15, 0.2) is 57.7 Å². The molecule has 4 rings (SSSR count). The number of fused-ring (bicyclic) bond motifs is 1. The van der Waals surface area contributed by atoms with Gasteiger partial charge in [-0.15, -0.1) is 5.10 Å². The summed E-state index contributed by atoms with van der Waals surface area (Å²) in [5.41, 5.74) is 0.199. The first-order valence-corrected chi connectivity index (χ1v) is 9.34. The van der Waals surface area contributed by atoms with E-state index < -0.39 is 0 Å². The van der Waals surface area contributed by atoms with Gasteiger partial charge in [-0.2, -0.15) is 0 Å². The number of tetrazole rings is 1. The third-order valence-electron chi connectivity index (χ3n) is 4.36. The molecule has 0 spiro atoms. The summed E-state index contributed by atoms with van der Waals surface area (Å²) in [6.07, 6.45) is 0.922. The molecule has 0 N–H and O–H groups in total. The van der Waals surface area contributed by atoms with E-state index in [4.69, 9.17) is 13.9 Å². The maximum Gasteiger partial charge on any atom is 0.235 e. The molecule has 29 heavy (non-hydrogen) atoms. The normalized spacial score (nSPS) is 11.0. The highest BCUT2D eigenvalue weighted by Crippen LogP contribution is 2.27. The minimum Gasteiger partial charge on any atom is -0.485 e. The fraction of sp³-hybridized carbons (Fsp3) is 0.238. The van der Waals surface area contributed by atoms with Gasteiger partial charge in [0.15, 0.2) is 5.82 Å². The molecule has 2 heterocycles. The van der Waals surface area contributed by atoms with Crippen LogP contribution in [0.5, 0.6) is 17.2 Å². The van der Waals surface area contributed by atoms with Gasteiger partial charge < -0.3 is 13.9 Å². The third-order valence-corrected chi connectivity index (χ3v) is 4.36. The Balaban J connectivity index is 1.59. The Morgan fingerprint density at radius 1 is 1.10 bits per heavy atom. The predicted octanol–water partition coefficient (Wildman–Crippen LogP) is 3.87. The summed E-state index contributed by atoms with van der Waals surface area (Å²) >= 11 is 0. The van der Waals surface area contributed by atoms with Crippen molar-refractivity contribution in [2.75, 3.05) is 0 Å². The van der Waals surface area contributed by atoms with E-state index in [0.29, 0.717) is 34.1 Å². The smallest absolute Gasteiger partial charge is 0.235 e. The van der Waals surface area contributed by atoms with Gasteiger partial charge in [-0.25, -0.2) is 4.68 Å². The number of aromatic nitrogens is 4. The van der Waals surface area contributed by atoms with Crippen molar-refractivity contribution in [3.05, 3.63) is 70.3 Å². The molecule has 0 saturated heterocycles. The van der Waals surface area contributed by atoms with Gasteiger partial charge in [0.1, 0.15) is 29.4 Å². The van der Waals surface area contributed by atoms with Gasteiger partial charge >= 0.3 is 0 Å². The number of ether oxygens (including phenoxy) is 2. The van der Waals surface area contributed by atoms with Crippen molar-refractivity contribution in [1.29, 1.82) is 0 Å². The van der Waals surface area contributed by atoms with Crippen molar-refractivity contribution in [2.24, 2.45) is 0 Å². The Kier molecular flexibility index (Phi) is 5.24. The Morgan fingerprint density at radius 3 is 2.72 bits per heavy atom. The SMILES string of the molecule is CCCn1nnnc1COc1ccc2c(=O)c(Oc3ccccc3)c(C)oc2c1. The lowest BCUT2D eigenvalue weighted by Gasteiger charge is -2.10. The lowest BCUT2D eigenvalue weighted by atomic mass is 10.2. The molecular weight excluding hydrogens is 372 g/mol. The van der Waals surface area contributed by atoms with Gasteiger partial charge in [0.2, 0.25) is 11.2 Å². The summed E-state index contributed by atoms with van der Waals surface area (Å²) in [4.78, 5) is 12.9. The zero-order valence-electron chi connectivity index (χ0n) is 16.2.